The molecule has 2 saturated heterocycles. The first-order chi connectivity index (χ1) is 17.6. The second kappa shape index (κ2) is 10.6. The maximum Gasteiger partial charge on any atom is 0.256 e. The topological polar surface area (TPSA) is 108 Å². The number of ether oxygens (including phenoxy) is 2. The molecule has 2 unspecified atom stereocenters. The molecule has 2 N–H and O–H groups in total. The summed E-state index contributed by atoms with van der Waals surface area (Å²) in [5.74, 6) is 0.405. The third-order valence-corrected chi connectivity index (χ3v) is 6.50. The lowest BCUT2D eigenvalue weighted by molar-refractivity contribution is 0.00443. The number of amides is 1. The molecule has 0 aliphatic carbocycles. The van der Waals surface area contributed by atoms with Crippen molar-refractivity contribution in [2.24, 2.45) is 0 Å². The molecule has 0 aromatic carbocycles. The summed E-state index contributed by atoms with van der Waals surface area (Å²) in [7, 11) is 3.34. The summed E-state index contributed by atoms with van der Waals surface area (Å²) in [5.41, 5.74) is 2.95. The maximum atomic E-state index is 14.7. The van der Waals surface area contributed by atoms with E-state index in [0.717, 1.165) is 24.2 Å². The SMILES string of the molecule is C1CCOC1.CNC(=O)c1cnn2c(NC)cc(-c3cn(C4CCOCC4F)c4ncccc34)nc12. The number of hydrogen-bond donors (Lipinski definition) is 2. The van der Waals surface area contributed by atoms with E-state index in [1.165, 1.54) is 19.0 Å². The van der Waals surface area contributed by atoms with Gasteiger partial charge in [0.25, 0.3) is 5.91 Å². The Morgan fingerprint density at radius 3 is 2.69 bits per heavy atom. The highest BCUT2D eigenvalue weighted by atomic mass is 19.1. The average molecular weight is 496 g/mol. The maximum absolute atomic E-state index is 14.7. The van der Waals surface area contributed by atoms with E-state index in [0.29, 0.717) is 41.4 Å². The number of rotatable bonds is 4. The van der Waals surface area contributed by atoms with Crippen molar-refractivity contribution in [1.82, 2.24) is 29.5 Å². The second-order valence-corrected chi connectivity index (χ2v) is 8.74. The van der Waals surface area contributed by atoms with Crippen molar-refractivity contribution < 1.29 is 18.7 Å². The van der Waals surface area contributed by atoms with Crippen molar-refractivity contribution >= 4 is 28.4 Å². The summed E-state index contributed by atoms with van der Waals surface area (Å²) in [6, 6.07) is 5.29. The summed E-state index contributed by atoms with van der Waals surface area (Å²) in [5, 5.41) is 10.9. The van der Waals surface area contributed by atoms with Crippen molar-refractivity contribution in [2.45, 2.75) is 31.5 Å². The molecule has 1 amide bonds. The zero-order valence-corrected chi connectivity index (χ0v) is 20.4. The van der Waals surface area contributed by atoms with Gasteiger partial charge in [0.2, 0.25) is 0 Å². The summed E-state index contributed by atoms with van der Waals surface area (Å²) < 4.78 is 28.4. The zero-order chi connectivity index (χ0) is 25.1. The van der Waals surface area contributed by atoms with Gasteiger partial charge in [-0.15, -0.1) is 0 Å². The lowest BCUT2D eigenvalue weighted by atomic mass is 10.1. The number of fused-ring (bicyclic) bond motifs is 2. The molecule has 36 heavy (non-hydrogen) atoms. The Bertz CT molecular complexity index is 1360. The monoisotopic (exact) mass is 495 g/mol. The van der Waals surface area contributed by atoms with E-state index < -0.39 is 6.17 Å². The van der Waals surface area contributed by atoms with Crippen LogP contribution in [0.25, 0.3) is 27.9 Å². The Morgan fingerprint density at radius 1 is 1.17 bits per heavy atom. The number of carbonyl (C=O) groups excluding carboxylic acids is 1. The minimum absolute atomic E-state index is 0.0753. The molecule has 2 aliphatic rings. The Balaban J connectivity index is 0.000000477. The Hall–Kier alpha value is -3.57. The highest BCUT2D eigenvalue weighted by molar-refractivity contribution is 6.00. The normalized spacial score (nSPS) is 19.8. The van der Waals surface area contributed by atoms with Gasteiger partial charge in [0.05, 0.1) is 24.5 Å². The summed E-state index contributed by atoms with van der Waals surface area (Å²) in [4.78, 5) is 21.6. The van der Waals surface area contributed by atoms with Gasteiger partial charge in [0.15, 0.2) is 5.65 Å². The Labute approximate surface area is 207 Å². The smallest absolute Gasteiger partial charge is 0.256 e. The zero-order valence-electron chi connectivity index (χ0n) is 20.4. The molecule has 6 rings (SSSR count). The number of anilines is 1. The lowest BCUT2D eigenvalue weighted by Crippen LogP contribution is -2.31. The predicted molar refractivity (Wildman–Crippen MR) is 134 cm³/mol. The van der Waals surface area contributed by atoms with Gasteiger partial charge in [-0.05, 0) is 31.4 Å². The van der Waals surface area contributed by atoms with E-state index in [1.54, 1.807) is 24.8 Å². The van der Waals surface area contributed by atoms with Gasteiger partial charge >= 0.3 is 0 Å². The third kappa shape index (κ3) is 4.51. The van der Waals surface area contributed by atoms with E-state index in [2.05, 4.69) is 20.7 Å². The van der Waals surface area contributed by atoms with Crippen molar-refractivity contribution in [2.75, 3.05) is 45.8 Å². The van der Waals surface area contributed by atoms with Crippen LogP contribution in [0.5, 0.6) is 0 Å². The van der Waals surface area contributed by atoms with Crippen molar-refractivity contribution in [3.63, 3.8) is 0 Å². The molecule has 11 heteroatoms. The number of alkyl halides is 1. The van der Waals surface area contributed by atoms with Gasteiger partial charge in [-0.1, -0.05) is 0 Å². The molecule has 2 aliphatic heterocycles. The predicted octanol–water partition coefficient (Wildman–Crippen LogP) is 3.24. The number of halogens is 1. The van der Waals surface area contributed by atoms with E-state index in [4.69, 9.17) is 14.5 Å². The van der Waals surface area contributed by atoms with Gasteiger partial charge in [0, 0.05) is 63.3 Å². The van der Waals surface area contributed by atoms with Crippen LogP contribution in [0.15, 0.2) is 36.8 Å². The average Bonchev–Trinajstić information content (AvgIpc) is 3.69. The van der Waals surface area contributed by atoms with Gasteiger partial charge in [-0.2, -0.15) is 9.61 Å². The number of nitrogens with one attached hydrogen (secondary N) is 2. The number of nitrogens with zero attached hydrogens (tertiary/aromatic N) is 5. The lowest BCUT2D eigenvalue weighted by Gasteiger charge is -2.27. The molecule has 0 radical (unpaired) electrons. The largest absolute Gasteiger partial charge is 0.381 e. The molecule has 0 saturated carbocycles. The summed E-state index contributed by atoms with van der Waals surface area (Å²) in [6.45, 7) is 2.58. The van der Waals surface area contributed by atoms with Gasteiger partial charge < -0.3 is 24.7 Å². The van der Waals surface area contributed by atoms with Crippen LogP contribution < -0.4 is 10.6 Å². The van der Waals surface area contributed by atoms with E-state index >= 15 is 0 Å². The fourth-order valence-corrected chi connectivity index (χ4v) is 4.63. The fourth-order valence-electron chi connectivity index (χ4n) is 4.63. The molecule has 2 fully saturated rings. The van der Waals surface area contributed by atoms with Crippen LogP contribution in [0, 0.1) is 0 Å². The van der Waals surface area contributed by atoms with Crippen molar-refractivity contribution in [3.05, 3.63) is 42.4 Å². The van der Waals surface area contributed by atoms with Crippen LogP contribution in [0.4, 0.5) is 10.2 Å². The molecule has 0 spiro atoms. The Kier molecular flexibility index (Phi) is 7.10. The van der Waals surface area contributed by atoms with Crippen LogP contribution in [0.1, 0.15) is 35.7 Å². The molecule has 4 aromatic rings. The molecule has 190 valence electrons. The van der Waals surface area contributed by atoms with Crippen LogP contribution >= 0.6 is 0 Å². The fraction of sp³-hybridized carbons (Fsp3) is 0.440. The Morgan fingerprint density at radius 2 is 2.00 bits per heavy atom. The molecule has 6 heterocycles. The molecule has 2 atom stereocenters. The van der Waals surface area contributed by atoms with Crippen LogP contribution in [-0.4, -0.2) is 76.8 Å². The number of aromatic nitrogens is 5. The van der Waals surface area contributed by atoms with E-state index in [-0.39, 0.29) is 18.6 Å². The highest BCUT2D eigenvalue weighted by Gasteiger charge is 2.29. The first-order valence-electron chi connectivity index (χ1n) is 12.2. The number of pyridine rings is 1. The highest BCUT2D eigenvalue weighted by Crippen LogP contribution is 2.35. The molecular weight excluding hydrogens is 465 g/mol. The molecule has 4 aromatic heterocycles. The van der Waals surface area contributed by atoms with Crippen molar-refractivity contribution in [1.29, 1.82) is 0 Å². The minimum atomic E-state index is -1.11. The standard InChI is InChI=1S/C21H22FN7O2.C4H8O/c1-23-18-8-16(27-20-13(21(30)24-2)9-26-29(18)20)14-10-28(17-5-7-31-11-15(17)22)19-12(14)4-3-6-25-19;1-2-4-5-3-1/h3-4,6,8-10,15,17,23H,5,7,11H2,1-2H3,(H,24,30);1-4H2. The molecular formula is C25H30FN7O3. The van der Waals surface area contributed by atoms with Crippen LogP contribution in [0.3, 0.4) is 0 Å². The molecule has 0 bridgehead atoms. The minimum Gasteiger partial charge on any atom is -0.381 e. The number of carbonyl (C=O) groups is 1. The first-order valence-corrected chi connectivity index (χ1v) is 12.2. The van der Waals surface area contributed by atoms with Crippen LogP contribution in [0.2, 0.25) is 0 Å². The van der Waals surface area contributed by atoms with E-state index in [9.17, 15) is 9.18 Å². The second-order valence-electron chi connectivity index (χ2n) is 8.74. The third-order valence-electron chi connectivity index (χ3n) is 6.50. The van der Waals surface area contributed by atoms with Gasteiger partial charge in [-0.3, -0.25) is 4.79 Å². The summed E-state index contributed by atoms with van der Waals surface area (Å²) in [6.07, 6.45) is 7.10. The van der Waals surface area contributed by atoms with E-state index in [1.807, 2.05) is 29.0 Å². The van der Waals surface area contributed by atoms with Gasteiger partial charge in [-0.25, -0.2) is 14.4 Å². The van der Waals surface area contributed by atoms with Crippen molar-refractivity contribution in [3.8, 4) is 11.3 Å². The van der Waals surface area contributed by atoms with Crippen LogP contribution in [-0.2, 0) is 9.47 Å². The summed E-state index contributed by atoms with van der Waals surface area (Å²) >= 11 is 0. The quantitative estimate of drug-likeness (QED) is 0.448. The first kappa shape index (κ1) is 24.1. The number of hydrogen-bond acceptors (Lipinski definition) is 7. The van der Waals surface area contributed by atoms with Gasteiger partial charge in [0.1, 0.15) is 23.2 Å². The molecule has 10 nitrogen and oxygen atoms in total.